The molecule has 1 aromatic heterocycles. The molecule has 1 aliphatic rings. The average molecular weight is 303 g/mol. The summed E-state index contributed by atoms with van der Waals surface area (Å²) < 4.78 is 10.7. The fourth-order valence-electron chi connectivity index (χ4n) is 2.98. The third kappa shape index (κ3) is 2.78. The Hall–Kier alpha value is -1.52. The van der Waals surface area contributed by atoms with Gasteiger partial charge < -0.3 is 9.47 Å². The third-order valence-electron chi connectivity index (χ3n) is 4.23. The van der Waals surface area contributed by atoms with Gasteiger partial charge in [-0.25, -0.2) is 0 Å². The SMILES string of the molecule is COc1ccc(CC2c3sccc3CCN2C)cc1OC. The molecule has 3 rings (SSSR count). The highest BCUT2D eigenvalue weighted by Gasteiger charge is 2.26. The second-order valence-corrected chi connectivity index (χ2v) is 6.40. The fraction of sp³-hybridized carbons (Fsp3) is 0.412. The van der Waals surface area contributed by atoms with Crippen LogP contribution in [-0.4, -0.2) is 32.7 Å². The summed E-state index contributed by atoms with van der Waals surface area (Å²) in [6, 6.07) is 8.96. The fourth-order valence-corrected chi connectivity index (χ4v) is 4.10. The molecule has 2 heterocycles. The Morgan fingerprint density at radius 2 is 2.00 bits per heavy atom. The van der Waals surface area contributed by atoms with Crippen LogP contribution in [0, 0.1) is 0 Å². The Bertz CT molecular complexity index is 623. The zero-order valence-electron chi connectivity index (χ0n) is 12.8. The molecular formula is C17H21NO2S. The molecule has 21 heavy (non-hydrogen) atoms. The van der Waals surface area contributed by atoms with E-state index >= 15 is 0 Å². The number of likely N-dealkylation sites (N-methyl/N-ethyl adjacent to an activating group) is 1. The van der Waals surface area contributed by atoms with Crippen LogP contribution in [0.15, 0.2) is 29.6 Å². The van der Waals surface area contributed by atoms with Gasteiger partial charge in [0.15, 0.2) is 11.5 Å². The maximum atomic E-state index is 5.41. The second kappa shape index (κ2) is 6.08. The van der Waals surface area contributed by atoms with Gasteiger partial charge in [0.1, 0.15) is 0 Å². The lowest BCUT2D eigenvalue weighted by molar-refractivity contribution is 0.233. The molecule has 0 saturated heterocycles. The minimum absolute atomic E-state index is 0.465. The normalized spacial score (nSPS) is 18.3. The summed E-state index contributed by atoms with van der Waals surface area (Å²) in [6.07, 6.45) is 2.17. The highest BCUT2D eigenvalue weighted by atomic mass is 32.1. The van der Waals surface area contributed by atoms with Gasteiger partial charge >= 0.3 is 0 Å². The van der Waals surface area contributed by atoms with E-state index in [1.165, 1.54) is 16.0 Å². The van der Waals surface area contributed by atoms with Crippen molar-refractivity contribution in [3.8, 4) is 11.5 Å². The van der Waals surface area contributed by atoms with E-state index in [-0.39, 0.29) is 0 Å². The number of ether oxygens (including phenoxy) is 2. The molecule has 0 amide bonds. The number of benzene rings is 1. The minimum Gasteiger partial charge on any atom is -0.493 e. The van der Waals surface area contributed by atoms with E-state index < -0.39 is 0 Å². The molecule has 2 aromatic rings. The van der Waals surface area contributed by atoms with E-state index in [0.29, 0.717) is 6.04 Å². The molecule has 3 nitrogen and oxygen atoms in total. The monoisotopic (exact) mass is 303 g/mol. The summed E-state index contributed by atoms with van der Waals surface area (Å²) >= 11 is 1.88. The topological polar surface area (TPSA) is 21.7 Å². The van der Waals surface area contributed by atoms with Gasteiger partial charge in [0.25, 0.3) is 0 Å². The van der Waals surface area contributed by atoms with E-state index in [2.05, 4.69) is 35.5 Å². The molecule has 0 bridgehead atoms. The van der Waals surface area contributed by atoms with E-state index in [4.69, 9.17) is 9.47 Å². The van der Waals surface area contributed by atoms with Crippen LogP contribution >= 0.6 is 11.3 Å². The van der Waals surface area contributed by atoms with Gasteiger partial charge in [-0.3, -0.25) is 4.90 Å². The third-order valence-corrected chi connectivity index (χ3v) is 5.29. The number of thiophene rings is 1. The summed E-state index contributed by atoms with van der Waals surface area (Å²) in [7, 11) is 5.57. The van der Waals surface area contributed by atoms with Crippen molar-refractivity contribution >= 4 is 11.3 Å². The van der Waals surface area contributed by atoms with Crippen molar-refractivity contribution in [3.05, 3.63) is 45.6 Å². The lowest BCUT2D eigenvalue weighted by Gasteiger charge is -2.32. The van der Waals surface area contributed by atoms with Crippen molar-refractivity contribution in [1.82, 2.24) is 4.90 Å². The number of nitrogens with zero attached hydrogens (tertiary/aromatic N) is 1. The summed E-state index contributed by atoms with van der Waals surface area (Å²) in [5, 5.41) is 2.21. The van der Waals surface area contributed by atoms with E-state index in [1.807, 2.05) is 17.4 Å². The first-order valence-electron chi connectivity index (χ1n) is 7.20. The van der Waals surface area contributed by atoms with Gasteiger partial charge in [0.2, 0.25) is 0 Å². The first kappa shape index (κ1) is 14.4. The van der Waals surface area contributed by atoms with Crippen LogP contribution in [0.1, 0.15) is 22.0 Å². The molecule has 0 N–H and O–H groups in total. The standard InChI is InChI=1S/C17H21NO2S/c1-18-8-6-13-7-9-21-17(13)14(18)10-12-4-5-15(19-2)16(11-12)20-3/h4-5,7,9,11,14H,6,8,10H2,1-3H3. The number of rotatable bonds is 4. The van der Waals surface area contributed by atoms with Crippen LogP contribution in [0.4, 0.5) is 0 Å². The molecule has 1 unspecified atom stereocenters. The van der Waals surface area contributed by atoms with Gasteiger partial charge in [0, 0.05) is 17.5 Å². The largest absolute Gasteiger partial charge is 0.493 e. The molecule has 4 heteroatoms. The Morgan fingerprint density at radius 3 is 2.76 bits per heavy atom. The van der Waals surface area contributed by atoms with Crippen LogP contribution < -0.4 is 9.47 Å². The minimum atomic E-state index is 0.465. The van der Waals surface area contributed by atoms with Crippen LogP contribution in [0.25, 0.3) is 0 Å². The lowest BCUT2D eigenvalue weighted by Crippen LogP contribution is -2.32. The van der Waals surface area contributed by atoms with Crippen LogP contribution in [0.2, 0.25) is 0 Å². The van der Waals surface area contributed by atoms with Crippen molar-refractivity contribution in [2.24, 2.45) is 0 Å². The first-order chi connectivity index (χ1) is 10.2. The molecule has 1 aliphatic heterocycles. The Labute approximate surface area is 130 Å². The molecule has 0 saturated carbocycles. The number of fused-ring (bicyclic) bond motifs is 1. The van der Waals surface area contributed by atoms with Gasteiger partial charge in [-0.15, -0.1) is 11.3 Å². The molecule has 112 valence electrons. The molecule has 0 radical (unpaired) electrons. The van der Waals surface area contributed by atoms with Gasteiger partial charge in [-0.1, -0.05) is 6.07 Å². The number of methoxy groups -OCH3 is 2. The zero-order valence-corrected chi connectivity index (χ0v) is 13.6. The predicted molar refractivity (Wildman–Crippen MR) is 86.6 cm³/mol. The summed E-state index contributed by atoms with van der Waals surface area (Å²) in [5.74, 6) is 1.59. The Kier molecular flexibility index (Phi) is 4.17. The maximum Gasteiger partial charge on any atom is 0.160 e. The Balaban J connectivity index is 1.87. The second-order valence-electron chi connectivity index (χ2n) is 5.45. The van der Waals surface area contributed by atoms with Crippen molar-refractivity contribution in [2.45, 2.75) is 18.9 Å². The molecule has 0 fully saturated rings. The molecule has 0 aliphatic carbocycles. The van der Waals surface area contributed by atoms with Crippen LogP contribution in [0.5, 0.6) is 11.5 Å². The Morgan fingerprint density at radius 1 is 1.19 bits per heavy atom. The van der Waals surface area contributed by atoms with Crippen molar-refractivity contribution in [3.63, 3.8) is 0 Å². The van der Waals surface area contributed by atoms with Gasteiger partial charge in [-0.2, -0.15) is 0 Å². The zero-order chi connectivity index (χ0) is 14.8. The smallest absolute Gasteiger partial charge is 0.160 e. The predicted octanol–water partition coefficient (Wildman–Crippen LogP) is 3.54. The van der Waals surface area contributed by atoms with Gasteiger partial charge in [-0.05, 0) is 54.6 Å². The first-order valence-corrected chi connectivity index (χ1v) is 8.08. The molecule has 1 atom stereocenters. The molecular weight excluding hydrogens is 282 g/mol. The highest BCUT2D eigenvalue weighted by Crippen LogP contribution is 2.36. The highest BCUT2D eigenvalue weighted by molar-refractivity contribution is 7.10. The average Bonchev–Trinajstić information content (AvgIpc) is 2.98. The van der Waals surface area contributed by atoms with Crippen molar-refractivity contribution in [1.29, 1.82) is 0 Å². The summed E-state index contributed by atoms with van der Waals surface area (Å²) in [5.41, 5.74) is 2.80. The van der Waals surface area contributed by atoms with Crippen LogP contribution in [-0.2, 0) is 12.8 Å². The number of hydrogen-bond donors (Lipinski definition) is 0. The number of hydrogen-bond acceptors (Lipinski definition) is 4. The molecule has 0 spiro atoms. The van der Waals surface area contributed by atoms with Crippen molar-refractivity contribution in [2.75, 3.05) is 27.8 Å². The maximum absolute atomic E-state index is 5.41. The van der Waals surface area contributed by atoms with Crippen LogP contribution in [0.3, 0.4) is 0 Å². The molecule has 1 aromatic carbocycles. The summed E-state index contributed by atoms with van der Waals surface area (Å²) in [6.45, 7) is 1.13. The lowest BCUT2D eigenvalue weighted by atomic mass is 9.96. The van der Waals surface area contributed by atoms with Gasteiger partial charge in [0.05, 0.1) is 14.2 Å². The van der Waals surface area contributed by atoms with E-state index in [9.17, 15) is 0 Å². The summed E-state index contributed by atoms with van der Waals surface area (Å²) in [4.78, 5) is 3.97. The van der Waals surface area contributed by atoms with E-state index in [1.54, 1.807) is 14.2 Å². The van der Waals surface area contributed by atoms with E-state index in [0.717, 1.165) is 30.9 Å². The quantitative estimate of drug-likeness (QED) is 0.862. The van der Waals surface area contributed by atoms with Crippen molar-refractivity contribution < 1.29 is 9.47 Å².